The zero-order valence-corrected chi connectivity index (χ0v) is 12.1. The van der Waals surface area contributed by atoms with Gasteiger partial charge in [0, 0.05) is 12.1 Å². The summed E-state index contributed by atoms with van der Waals surface area (Å²) in [5.41, 5.74) is 9.03. The van der Waals surface area contributed by atoms with Gasteiger partial charge in [-0.3, -0.25) is 4.79 Å². The van der Waals surface area contributed by atoms with Crippen molar-refractivity contribution in [2.24, 2.45) is 0 Å². The summed E-state index contributed by atoms with van der Waals surface area (Å²) in [7, 11) is 0. The summed E-state index contributed by atoms with van der Waals surface area (Å²) in [4.78, 5) is 12.0. The van der Waals surface area contributed by atoms with E-state index in [1.54, 1.807) is 12.1 Å². The molecule has 0 heterocycles. The highest BCUT2D eigenvalue weighted by Crippen LogP contribution is 2.24. The van der Waals surface area contributed by atoms with E-state index in [1.807, 2.05) is 37.3 Å². The molecule has 0 aliphatic carbocycles. The molecule has 0 bridgehead atoms. The van der Waals surface area contributed by atoms with Crippen LogP contribution in [0.1, 0.15) is 24.5 Å². The number of nitrogens with two attached hydrogens (primary N) is 1. The standard InChI is InChI=1S/C17H20N2O2/c1-2-12-7-9-16(20)15(11-12)19-17(21)10-8-13-5-3-4-6-14(13)18/h3-7,9,11,20H,2,8,10,18H2,1H3,(H,19,21). The van der Waals surface area contributed by atoms with E-state index >= 15 is 0 Å². The molecule has 0 atom stereocenters. The lowest BCUT2D eigenvalue weighted by Crippen LogP contribution is -2.13. The second-order valence-electron chi connectivity index (χ2n) is 4.95. The highest BCUT2D eigenvalue weighted by Gasteiger charge is 2.08. The smallest absolute Gasteiger partial charge is 0.224 e. The van der Waals surface area contributed by atoms with Gasteiger partial charge in [0.25, 0.3) is 0 Å². The maximum Gasteiger partial charge on any atom is 0.224 e. The first kappa shape index (κ1) is 14.9. The Morgan fingerprint density at radius 2 is 2.00 bits per heavy atom. The molecule has 0 aliphatic heterocycles. The number of hydrogen-bond donors (Lipinski definition) is 3. The average Bonchev–Trinajstić information content (AvgIpc) is 2.48. The molecule has 1 amide bonds. The third kappa shape index (κ3) is 3.99. The Bertz CT molecular complexity index is 638. The Balaban J connectivity index is 1.97. The van der Waals surface area contributed by atoms with Gasteiger partial charge in [-0.05, 0) is 42.2 Å². The van der Waals surface area contributed by atoms with Gasteiger partial charge in [0.2, 0.25) is 5.91 Å². The number of benzene rings is 2. The number of anilines is 2. The molecule has 0 aromatic heterocycles. The monoisotopic (exact) mass is 284 g/mol. The van der Waals surface area contributed by atoms with Crippen molar-refractivity contribution in [2.75, 3.05) is 11.1 Å². The molecule has 110 valence electrons. The molecule has 0 saturated heterocycles. The molecule has 2 aromatic rings. The van der Waals surface area contributed by atoms with Crippen molar-refractivity contribution in [3.05, 3.63) is 53.6 Å². The van der Waals surface area contributed by atoms with Crippen LogP contribution in [0.2, 0.25) is 0 Å². The molecule has 0 unspecified atom stereocenters. The summed E-state index contributed by atoms with van der Waals surface area (Å²) in [6.45, 7) is 2.02. The van der Waals surface area contributed by atoms with E-state index in [-0.39, 0.29) is 11.7 Å². The zero-order valence-electron chi connectivity index (χ0n) is 12.1. The predicted octanol–water partition coefficient (Wildman–Crippen LogP) is 3.11. The van der Waals surface area contributed by atoms with Gasteiger partial charge in [-0.2, -0.15) is 0 Å². The molecule has 2 aromatic carbocycles. The van der Waals surface area contributed by atoms with Gasteiger partial charge < -0.3 is 16.2 Å². The van der Waals surface area contributed by atoms with Crippen molar-refractivity contribution >= 4 is 17.3 Å². The molecule has 4 nitrogen and oxygen atoms in total. The van der Waals surface area contributed by atoms with Crippen LogP contribution in [0.25, 0.3) is 0 Å². The molecule has 4 N–H and O–H groups in total. The van der Waals surface area contributed by atoms with Crippen molar-refractivity contribution in [1.82, 2.24) is 0 Å². The lowest BCUT2D eigenvalue weighted by atomic mass is 10.1. The Kier molecular flexibility index (Phi) is 4.82. The van der Waals surface area contributed by atoms with Crippen LogP contribution < -0.4 is 11.1 Å². The molecular formula is C17H20N2O2. The van der Waals surface area contributed by atoms with E-state index in [0.717, 1.165) is 17.5 Å². The summed E-state index contributed by atoms with van der Waals surface area (Å²) in [5.74, 6) is -0.0541. The van der Waals surface area contributed by atoms with Gasteiger partial charge in [-0.25, -0.2) is 0 Å². The van der Waals surface area contributed by atoms with Crippen LogP contribution in [0.5, 0.6) is 5.75 Å². The quantitative estimate of drug-likeness (QED) is 0.583. The van der Waals surface area contributed by atoms with Crippen LogP contribution in [0.3, 0.4) is 0 Å². The molecule has 0 fully saturated rings. The molecule has 0 radical (unpaired) electrons. The number of nitrogens with one attached hydrogen (secondary N) is 1. The molecule has 2 rings (SSSR count). The number of aromatic hydroxyl groups is 1. The van der Waals surface area contributed by atoms with Gasteiger partial charge in [-0.1, -0.05) is 31.2 Å². The summed E-state index contributed by atoms with van der Waals surface area (Å²) < 4.78 is 0. The van der Waals surface area contributed by atoms with Crippen LogP contribution in [-0.2, 0) is 17.6 Å². The SMILES string of the molecule is CCc1ccc(O)c(NC(=O)CCc2ccccc2N)c1. The number of rotatable bonds is 5. The maximum atomic E-state index is 12.0. The summed E-state index contributed by atoms with van der Waals surface area (Å²) in [5, 5.41) is 12.5. The molecular weight excluding hydrogens is 264 g/mol. The molecule has 0 aliphatic rings. The number of phenolic OH excluding ortho intramolecular Hbond substituents is 1. The first-order valence-electron chi connectivity index (χ1n) is 7.05. The Morgan fingerprint density at radius 1 is 1.24 bits per heavy atom. The van der Waals surface area contributed by atoms with Crippen LogP contribution in [0.15, 0.2) is 42.5 Å². The third-order valence-corrected chi connectivity index (χ3v) is 3.42. The maximum absolute atomic E-state index is 12.0. The molecule has 0 saturated carbocycles. The molecule has 0 spiro atoms. The topological polar surface area (TPSA) is 75.3 Å². The minimum Gasteiger partial charge on any atom is -0.506 e. The normalized spacial score (nSPS) is 10.3. The van der Waals surface area contributed by atoms with Crippen LogP contribution in [0, 0.1) is 0 Å². The van der Waals surface area contributed by atoms with Gasteiger partial charge >= 0.3 is 0 Å². The second-order valence-corrected chi connectivity index (χ2v) is 4.95. The highest BCUT2D eigenvalue weighted by atomic mass is 16.3. The summed E-state index contributed by atoms with van der Waals surface area (Å²) in [6.07, 6.45) is 1.75. The highest BCUT2D eigenvalue weighted by molar-refractivity contribution is 5.92. The van der Waals surface area contributed by atoms with Gasteiger partial charge in [0.1, 0.15) is 5.75 Å². The first-order valence-corrected chi connectivity index (χ1v) is 7.05. The number of hydrogen-bond acceptors (Lipinski definition) is 3. The number of carbonyl (C=O) groups is 1. The fourth-order valence-corrected chi connectivity index (χ4v) is 2.13. The van der Waals surface area contributed by atoms with Gasteiger partial charge in [0.15, 0.2) is 0 Å². The number of nitrogen functional groups attached to an aromatic ring is 1. The lowest BCUT2D eigenvalue weighted by molar-refractivity contribution is -0.116. The van der Waals surface area contributed by atoms with E-state index in [4.69, 9.17) is 5.73 Å². The van der Waals surface area contributed by atoms with Crippen molar-refractivity contribution in [2.45, 2.75) is 26.2 Å². The van der Waals surface area contributed by atoms with Crippen molar-refractivity contribution in [1.29, 1.82) is 0 Å². The van der Waals surface area contributed by atoms with E-state index in [0.29, 0.717) is 24.2 Å². The Labute approximate surface area is 124 Å². The minimum absolute atomic E-state index is 0.0831. The Morgan fingerprint density at radius 3 is 2.71 bits per heavy atom. The third-order valence-electron chi connectivity index (χ3n) is 3.42. The largest absolute Gasteiger partial charge is 0.506 e. The van der Waals surface area contributed by atoms with Crippen molar-refractivity contribution in [3.63, 3.8) is 0 Å². The number of phenols is 1. The second kappa shape index (κ2) is 6.79. The van der Waals surface area contributed by atoms with E-state index in [9.17, 15) is 9.90 Å². The lowest BCUT2D eigenvalue weighted by Gasteiger charge is -2.09. The van der Waals surface area contributed by atoms with E-state index in [1.165, 1.54) is 0 Å². The molecule has 4 heteroatoms. The number of amides is 1. The van der Waals surface area contributed by atoms with E-state index < -0.39 is 0 Å². The van der Waals surface area contributed by atoms with Crippen LogP contribution in [0.4, 0.5) is 11.4 Å². The number of para-hydroxylation sites is 1. The van der Waals surface area contributed by atoms with Crippen molar-refractivity contribution in [3.8, 4) is 5.75 Å². The van der Waals surface area contributed by atoms with Gasteiger partial charge in [-0.15, -0.1) is 0 Å². The summed E-state index contributed by atoms with van der Waals surface area (Å²) >= 11 is 0. The van der Waals surface area contributed by atoms with Crippen LogP contribution >= 0.6 is 0 Å². The zero-order chi connectivity index (χ0) is 15.2. The van der Waals surface area contributed by atoms with E-state index in [2.05, 4.69) is 5.32 Å². The first-order chi connectivity index (χ1) is 10.1. The minimum atomic E-state index is -0.137. The number of carbonyl (C=O) groups excluding carboxylic acids is 1. The fourth-order valence-electron chi connectivity index (χ4n) is 2.13. The summed E-state index contributed by atoms with van der Waals surface area (Å²) in [6, 6.07) is 12.7. The van der Waals surface area contributed by atoms with Crippen molar-refractivity contribution < 1.29 is 9.90 Å². The number of aryl methyl sites for hydroxylation is 2. The van der Waals surface area contributed by atoms with Crippen LogP contribution in [-0.4, -0.2) is 11.0 Å². The van der Waals surface area contributed by atoms with Gasteiger partial charge in [0.05, 0.1) is 5.69 Å². The average molecular weight is 284 g/mol. The fraction of sp³-hybridized carbons (Fsp3) is 0.235. The predicted molar refractivity (Wildman–Crippen MR) is 85.3 cm³/mol. The molecule has 21 heavy (non-hydrogen) atoms. The Hall–Kier alpha value is -2.49.